The smallest absolute Gasteiger partial charge is 0.331 e. The number of ether oxygens (including phenoxy) is 2. The van der Waals surface area contributed by atoms with Gasteiger partial charge in [0, 0.05) is 36.8 Å². The van der Waals surface area contributed by atoms with Gasteiger partial charge in [0.2, 0.25) is 5.91 Å². The van der Waals surface area contributed by atoms with Crippen LogP contribution in [0.3, 0.4) is 0 Å². The number of carbonyl (C=O) groups is 3. The lowest BCUT2D eigenvalue weighted by Crippen LogP contribution is -2.62. The first-order valence-electron chi connectivity index (χ1n) is 15.3. The lowest BCUT2D eigenvalue weighted by atomic mass is 9.43. The molecule has 216 valence electrons. The molecule has 5 fully saturated rings. The Bertz CT molecular complexity index is 1050. The van der Waals surface area contributed by atoms with Crippen LogP contribution in [0.5, 0.6) is 0 Å². The van der Waals surface area contributed by atoms with E-state index in [4.69, 9.17) is 9.47 Å². The van der Waals surface area contributed by atoms with Crippen molar-refractivity contribution in [3.8, 4) is 0 Å². The number of aliphatic hydroxyl groups is 1. The van der Waals surface area contributed by atoms with Crippen molar-refractivity contribution in [3.05, 3.63) is 11.6 Å². The Morgan fingerprint density at radius 1 is 1.13 bits per heavy atom. The molecule has 1 amide bonds. The van der Waals surface area contributed by atoms with Crippen LogP contribution in [0.2, 0.25) is 0 Å². The van der Waals surface area contributed by atoms with Crippen LogP contribution in [0.25, 0.3) is 0 Å². The molecule has 2 heterocycles. The number of amides is 1. The maximum atomic E-state index is 12.7. The molecule has 0 aromatic carbocycles. The van der Waals surface area contributed by atoms with Crippen molar-refractivity contribution in [2.24, 2.45) is 34.5 Å². The van der Waals surface area contributed by atoms with Gasteiger partial charge in [-0.05, 0) is 99.6 Å². The minimum Gasteiger partial charge on any atom is -0.462 e. The molecule has 6 aliphatic rings. The molecule has 9 unspecified atom stereocenters. The molecule has 0 radical (unpaired) electrons. The van der Waals surface area contributed by atoms with Crippen molar-refractivity contribution >= 4 is 17.8 Å². The average molecular weight is 543 g/mol. The van der Waals surface area contributed by atoms with Crippen LogP contribution < -0.4 is 5.32 Å². The van der Waals surface area contributed by atoms with E-state index in [1.165, 1.54) is 19.8 Å². The Kier molecular flexibility index (Phi) is 6.89. The predicted octanol–water partition coefficient (Wildman–Crippen LogP) is 3.37. The third-order valence-corrected chi connectivity index (χ3v) is 12.2. The van der Waals surface area contributed by atoms with Gasteiger partial charge in [0.15, 0.2) is 0 Å². The van der Waals surface area contributed by atoms with Crippen molar-refractivity contribution in [1.29, 1.82) is 0 Å². The van der Waals surface area contributed by atoms with Gasteiger partial charge in [-0.2, -0.15) is 0 Å². The zero-order chi connectivity index (χ0) is 27.6. The molecule has 6 rings (SSSR count). The molecule has 4 aliphatic carbocycles. The molecule has 0 aromatic rings. The number of cyclic esters (lactones) is 1. The molecule has 2 N–H and O–H groups in total. The van der Waals surface area contributed by atoms with Crippen molar-refractivity contribution in [2.45, 2.75) is 103 Å². The Morgan fingerprint density at radius 2 is 1.90 bits per heavy atom. The quantitative estimate of drug-likeness (QED) is 0.513. The predicted molar refractivity (Wildman–Crippen MR) is 144 cm³/mol. The number of hydrogen-bond donors (Lipinski definition) is 2. The van der Waals surface area contributed by atoms with E-state index in [1.807, 2.05) is 0 Å². The zero-order valence-corrected chi connectivity index (χ0v) is 23.9. The highest BCUT2D eigenvalue weighted by molar-refractivity contribution is 5.85. The number of nitrogens with one attached hydrogen (secondary N) is 1. The van der Waals surface area contributed by atoms with Crippen LogP contribution in [-0.2, 0) is 23.9 Å². The number of rotatable bonds is 5. The van der Waals surface area contributed by atoms with Gasteiger partial charge >= 0.3 is 11.9 Å². The van der Waals surface area contributed by atoms with Crippen LogP contribution in [0, 0.1) is 34.5 Å². The molecule has 8 nitrogen and oxygen atoms in total. The summed E-state index contributed by atoms with van der Waals surface area (Å²) in [6.45, 7) is 8.81. The third-order valence-electron chi connectivity index (χ3n) is 12.2. The second kappa shape index (κ2) is 9.86. The first-order valence-corrected chi connectivity index (χ1v) is 15.3. The van der Waals surface area contributed by atoms with Crippen LogP contribution in [-0.4, -0.2) is 71.8 Å². The fourth-order valence-electron chi connectivity index (χ4n) is 10.3. The van der Waals surface area contributed by atoms with E-state index in [0.717, 1.165) is 63.6 Å². The molecular weight excluding hydrogens is 496 g/mol. The van der Waals surface area contributed by atoms with Crippen LogP contribution in [0.15, 0.2) is 11.6 Å². The van der Waals surface area contributed by atoms with E-state index in [-0.39, 0.29) is 47.7 Å². The Balaban J connectivity index is 1.20. The largest absolute Gasteiger partial charge is 0.462 e. The van der Waals surface area contributed by atoms with Gasteiger partial charge in [-0.25, -0.2) is 4.79 Å². The molecule has 4 saturated carbocycles. The van der Waals surface area contributed by atoms with Gasteiger partial charge < -0.3 is 19.9 Å². The third kappa shape index (κ3) is 4.44. The summed E-state index contributed by atoms with van der Waals surface area (Å²) in [6, 6.07) is 0.239. The van der Waals surface area contributed by atoms with Crippen LogP contribution >= 0.6 is 0 Å². The molecular formula is C31H46N2O6. The Morgan fingerprint density at radius 3 is 2.59 bits per heavy atom. The first kappa shape index (κ1) is 27.3. The van der Waals surface area contributed by atoms with E-state index in [2.05, 4.69) is 24.1 Å². The van der Waals surface area contributed by atoms with Crippen LogP contribution in [0.1, 0.15) is 85.0 Å². The normalized spacial score (nSPS) is 45.5. The van der Waals surface area contributed by atoms with Crippen molar-refractivity contribution in [2.75, 3.05) is 26.2 Å². The number of likely N-dealkylation sites (tertiary alicyclic amines) is 1. The SMILES string of the molecule is CC(=O)OC1CC2(O)C3CCC4CC(NC(=O)CN5CCCC5)CCC4(C)C3CCC2(C)C1C1=CC(=O)OC1. The highest BCUT2D eigenvalue weighted by Gasteiger charge is 2.71. The van der Waals surface area contributed by atoms with Gasteiger partial charge in [-0.15, -0.1) is 0 Å². The molecule has 2 aliphatic heterocycles. The zero-order valence-electron chi connectivity index (χ0n) is 23.9. The molecule has 8 heteroatoms. The summed E-state index contributed by atoms with van der Waals surface area (Å²) in [4.78, 5) is 39.1. The summed E-state index contributed by atoms with van der Waals surface area (Å²) in [5.41, 5.74) is -0.482. The van der Waals surface area contributed by atoms with Gasteiger partial charge in [0.1, 0.15) is 12.7 Å². The van der Waals surface area contributed by atoms with Crippen LogP contribution in [0.4, 0.5) is 0 Å². The van der Waals surface area contributed by atoms with Crippen molar-refractivity contribution in [3.63, 3.8) is 0 Å². The summed E-state index contributed by atoms with van der Waals surface area (Å²) in [7, 11) is 0. The fourth-order valence-corrected chi connectivity index (χ4v) is 10.3. The maximum Gasteiger partial charge on any atom is 0.331 e. The molecule has 0 bridgehead atoms. The lowest BCUT2D eigenvalue weighted by Gasteiger charge is -2.63. The summed E-state index contributed by atoms with van der Waals surface area (Å²) in [5.74, 6) is 0.298. The topological polar surface area (TPSA) is 105 Å². The number of esters is 2. The molecule has 1 saturated heterocycles. The monoisotopic (exact) mass is 542 g/mol. The van der Waals surface area contributed by atoms with Gasteiger partial charge in [0.05, 0.1) is 12.1 Å². The summed E-state index contributed by atoms with van der Waals surface area (Å²) >= 11 is 0. The summed E-state index contributed by atoms with van der Waals surface area (Å²) < 4.78 is 11.1. The average Bonchev–Trinajstić information content (AvgIpc) is 3.57. The number of carbonyl (C=O) groups excluding carboxylic acids is 3. The highest BCUT2D eigenvalue weighted by atomic mass is 16.5. The number of nitrogens with zero attached hydrogens (tertiary/aromatic N) is 1. The summed E-state index contributed by atoms with van der Waals surface area (Å²) in [6.07, 6.45) is 10.8. The molecule has 9 atom stereocenters. The molecule has 0 aromatic heterocycles. The van der Waals surface area contributed by atoms with E-state index >= 15 is 0 Å². The molecule has 0 spiro atoms. The maximum absolute atomic E-state index is 12.7. The number of hydrogen-bond acceptors (Lipinski definition) is 7. The van der Waals surface area contributed by atoms with Gasteiger partial charge in [-0.1, -0.05) is 13.8 Å². The fraction of sp³-hybridized carbons (Fsp3) is 0.839. The highest BCUT2D eigenvalue weighted by Crippen LogP contribution is 2.70. The standard InChI is InChI=1S/C31H46N2O6/c1-19(34)39-25-16-31(37)24-7-6-21-15-22(32-26(35)17-33-12-4-5-13-33)8-10-29(21,2)23(24)9-11-30(31,3)28(25)20-14-27(36)38-18-20/h14,21-25,28,37H,4-13,15-18H2,1-3H3,(H,32,35). The second-order valence-electron chi connectivity index (χ2n) is 14.1. The second-order valence-corrected chi connectivity index (χ2v) is 14.1. The van der Waals surface area contributed by atoms with E-state index in [1.54, 1.807) is 6.08 Å². The minimum atomic E-state index is -0.970. The summed E-state index contributed by atoms with van der Waals surface area (Å²) in [5, 5.41) is 16.0. The Hall–Kier alpha value is -1.93. The number of fused-ring (bicyclic) bond motifs is 5. The van der Waals surface area contributed by atoms with E-state index in [0.29, 0.717) is 24.8 Å². The minimum absolute atomic E-state index is 0.122. The van der Waals surface area contributed by atoms with E-state index < -0.39 is 17.1 Å². The van der Waals surface area contributed by atoms with Gasteiger partial charge in [-0.3, -0.25) is 14.5 Å². The molecule has 39 heavy (non-hydrogen) atoms. The van der Waals surface area contributed by atoms with E-state index in [9.17, 15) is 19.5 Å². The lowest BCUT2D eigenvalue weighted by molar-refractivity contribution is -0.205. The van der Waals surface area contributed by atoms with Crippen molar-refractivity contribution < 1.29 is 29.0 Å². The Labute approximate surface area is 232 Å². The van der Waals surface area contributed by atoms with Crippen molar-refractivity contribution in [1.82, 2.24) is 10.2 Å². The first-order chi connectivity index (χ1) is 18.5. The van der Waals surface area contributed by atoms with Gasteiger partial charge in [0.25, 0.3) is 0 Å².